The Morgan fingerprint density at radius 2 is 2.22 bits per heavy atom. The third-order valence-electron chi connectivity index (χ3n) is 2.95. The van der Waals surface area contributed by atoms with Crippen LogP contribution in [0.5, 0.6) is 0 Å². The molecule has 1 heteroatoms. The molecule has 0 aromatic rings. The van der Waals surface area contributed by atoms with Crippen LogP contribution in [0.1, 0.15) is 26.2 Å². The first-order chi connectivity index (χ1) is 4.36. The minimum atomic E-state index is 0.870. The summed E-state index contributed by atoms with van der Waals surface area (Å²) in [5, 5.41) is 3.57. The Morgan fingerprint density at radius 1 is 1.33 bits per heavy atom. The summed E-state index contributed by atoms with van der Waals surface area (Å²) in [5.74, 6) is 1.97. The van der Waals surface area contributed by atoms with E-state index >= 15 is 0 Å². The molecule has 52 valence electrons. The fourth-order valence-electron chi connectivity index (χ4n) is 2.31. The SMILES string of the molecule is C[C@H]1CC2CCC1NC2. The molecule has 1 saturated carbocycles. The van der Waals surface area contributed by atoms with Crippen molar-refractivity contribution >= 4 is 0 Å². The summed E-state index contributed by atoms with van der Waals surface area (Å²) in [5.41, 5.74) is 0. The van der Waals surface area contributed by atoms with Crippen LogP contribution in [-0.2, 0) is 0 Å². The Morgan fingerprint density at radius 3 is 2.44 bits per heavy atom. The zero-order valence-electron chi connectivity index (χ0n) is 6.06. The zero-order valence-corrected chi connectivity index (χ0v) is 6.06. The first-order valence-electron chi connectivity index (χ1n) is 4.09. The average molecular weight is 125 g/mol. The van der Waals surface area contributed by atoms with E-state index in [-0.39, 0.29) is 0 Å². The van der Waals surface area contributed by atoms with Gasteiger partial charge in [0.05, 0.1) is 0 Å². The highest BCUT2D eigenvalue weighted by atomic mass is 15.0. The monoisotopic (exact) mass is 125 g/mol. The smallest absolute Gasteiger partial charge is 0.00930 e. The summed E-state index contributed by atoms with van der Waals surface area (Å²) in [6, 6.07) is 0.870. The second kappa shape index (κ2) is 1.98. The fraction of sp³-hybridized carbons (Fsp3) is 1.00. The summed E-state index contributed by atoms with van der Waals surface area (Å²) in [6.45, 7) is 3.68. The topological polar surface area (TPSA) is 12.0 Å². The second-order valence-corrected chi connectivity index (χ2v) is 3.67. The lowest BCUT2D eigenvalue weighted by atomic mass is 9.75. The van der Waals surface area contributed by atoms with Gasteiger partial charge in [-0.2, -0.15) is 0 Å². The average Bonchev–Trinajstić information content (AvgIpc) is 1.90. The minimum absolute atomic E-state index is 0.870. The molecule has 3 aliphatic rings. The van der Waals surface area contributed by atoms with Crippen LogP contribution in [0, 0.1) is 11.8 Å². The van der Waals surface area contributed by atoms with Crippen LogP contribution in [0.25, 0.3) is 0 Å². The van der Waals surface area contributed by atoms with Gasteiger partial charge < -0.3 is 5.32 Å². The first kappa shape index (κ1) is 5.72. The van der Waals surface area contributed by atoms with Gasteiger partial charge in [-0.25, -0.2) is 0 Å². The van der Waals surface area contributed by atoms with Crippen LogP contribution < -0.4 is 5.32 Å². The largest absolute Gasteiger partial charge is 0.313 e. The predicted molar refractivity (Wildman–Crippen MR) is 38.3 cm³/mol. The van der Waals surface area contributed by atoms with Crippen LogP contribution in [0.15, 0.2) is 0 Å². The molecular formula is C8H15N. The van der Waals surface area contributed by atoms with Gasteiger partial charge in [-0.15, -0.1) is 0 Å². The molecule has 1 nitrogen and oxygen atoms in total. The summed E-state index contributed by atoms with van der Waals surface area (Å²) >= 11 is 0. The molecule has 2 aliphatic heterocycles. The Labute approximate surface area is 56.8 Å². The molecule has 1 aliphatic carbocycles. The van der Waals surface area contributed by atoms with Gasteiger partial charge in [0.25, 0.3) is 0 Å². The molecule has 0 aromatic carbocycles. The van der Waals surface area contributed by atoms with Gasteiger partial charge in [0.15, 0.2) is 0 Å². The summed E-state index contributed by atoms with van der Waals surface area (Å²) in [4.78, 5) is 0. The normalized spacial score (nSPS) is 49.7. The predicted octanol–water partition coefficient (Wildman–Crippen LogP) is 1.39. The van der Waals surface area contributed by atoms with Gasteiger partial charge in [-0.1, -0.05) is 6.92 Å². The van der Waals surface area contributed by atoms with Crippen molar-refractivity contribution < 1.29 is 0 Å². The fourth-order valence-corrected chi connectivity index (χ4v) is 2.31. The standard InChI is InChI=1S/C8H15N/c1-6-4-7-2-3-8(6)9-5-7/h6-9H,2-5H2,1H3/t6-,7?,8?/m0/s1. The Hall–Kier alpha value is -0.0400. The quantitative estimate of drug-likeness (QED) is 0.516. The van der Waals surface area contributed by atoms with Crippen molar-refractivity contribution in [3.05, 3.63) is 0 Å². The Kier molecular flexibility index (Phi) is 1.26. The van der Waals surface area contributed by atoms with Gasteiger partial charge in [-0.05, 0) is 37.6 Å². The van der Waals surface area contributed by atoms with Crippen molar-refractivity contribution in [1.82, 2.24) is 5.32 Å². The van der Waals surface area contributed by atoms with E-state index in [0.29, 0.717) is 0 Å². The lowest BCUT2D eigenvalue weighted by Crippen LogP contribution is -2.49. The Bertz CT molecular complexity index is 103. The van der Waals surface area contributed by atoms with Crippen molar-refractivity contribution in [2.45, 2.75) is 32.2 Å². The summed E-state index contributed by atoms with van der Waals surface area (Å²) in [6.07, 6.45) is 4.41. The van der Waals surface area contributed by atoms with Crippen LogP contribution in [0.4, 0.5) is 0 Å². The molecule has 3 fully saturated rings. The van der Waals surface area contributed by atoms with Crippen LogP contribution >= 0.6 is 0 Å². The minimum Gasteiger partial charge on any atom is -0.313 e. The van der Waals surface area contributed by atoms with Crippen molar-refractivity contribution in [1.29, 1.82) is 0 Å². The molecule has 1 N–H and O–H groups in total. The molecule has 0 spiro atoms. The maximum absolute atomic E-state index is 3.57. The maximum atomic E-state index is 3.57. The summed E-state index contributed by atoms with van der Waals surface area (Å²) in [7, 11) is 0. The van der Waals surface area contributed by atoms with E-state index in [4.69, 9.17) is 0 Å². The molecular weight excluding hydrogens is 110 g/mol. The number of hydrogen-bond donors (Lipinski definition) is 1. The first-order valence-corrected chi connectivity index (χ1v) is 4.09. The van der Waals surface area contributed by atoms with Crippen LogP contribution in [0.2, 0.25) is 0 Å². The molecule has 2 heterocycles. The van der Waals surface area contributed by atoms with Crippen molar-refractivity contribution in [3.8, 4) is 0 Å². The van der Waals surface area contributed by atoms with Gasteiger partial charge in [0.1, 0.15) is 0 Å². The van der Waals surface area contributed by atoms with Crippen LogP contribution in [0.3, 0.4) is 0 Å². The zero-order chi connectivity index (χ0) is 6.27. The van der Waals surface area contributed by atoms with E-state index in [1.54, 1.807) is 0 Å². The van der Waals surface area contributed by atoms with Gasteiger partial charge in [0.2, 0.25) is 0 Å². The maximum Gasteiger partial charge on any atom is 0.00930 e. The van der Waals surface area contributed by atoms with Crippen LogP contribution in [-0.4, -0.2) is 12.6 Å². The second-order valence-electron chi connectivity index (χ2n) is 3.67. The highest BCUT2D eigenvalue weighted by molar-refractivity contribution is 4.88. The number of fused-ring (bicyclic) bond motifs is 3. The van der Waals surface area contributed by atoms with E-state index in [1.807, 2.05) is 0 Å². The van der Waals surface area contributed by atoms with Gasteiger partial charge >= 0.3 is 0 Å². The lowest BCUT2D eigenvalue weighted by Gasteiger charge is -2.41. The van der Waals surface area contributed by atoms with E-state index in [0.717, 1.165) is 17.9 Å². The molecule has 0 aromatic heterocycles. The highest BCUT2D eigenvalue weighted by Gasteiger charge is 2.31. The van der Waals surface area contributed by atoms with Gasteiger partial charge in [-0.3, -0.25) is 0 Å². The number of piperidine rings is 2. The molecule has 2 saturated heterocycles. The molecule has 9 heavy (non-hydrogen) atoms. The molecule has 2 unspecified atom stereocenters. The number of nitrogens with one attached hydrogen (secondary N) is 1. The highest BCUT2D eigenvalue weighted by Crippen LogP contribution is 2.32. The molecule has 0 amide bonds. The van der Waals surface area contributed by atoms with E-state index in [2.05, 4.69) is 12.2 Å². The molecule has 2 bridgehead atoms. The Balaban J connectivity index is 2.06. The third kappa shape index (κ3) is 0.877. The van der Waals surface area contributed by atoms with Crippen molar-refractivity contribution in [2.24, 2.45) is 11.8 Å². The lowest BCUT2D eigenvalue weighted by molar-refractivity contribution is 0.150. The van der Waals surface area contributed by atoms with Crippen molar-refractivity contribution in [2.75, 3.05) is 6.54 Å². The van der Waals surface area contributed by atoms with E-state index < -0.39 is 0 Å². The van der Waals surface area contributed by atoms with Crippen molar-refractivity contribution in [3.63, 3.8) is 0 Å². The summed E-state index contributed by atoms with van der Waals surface area (Å²) < 4.78 is 0. The third-order valence-corrected chi connectivity index (χ3v) is 2.95. The molecule has 3 atom stereocenters. The van der Waals surface area contributed by atoms with E-state index in [1.165, 1.54) is 25.8 Å². The van der Waals surface area contributed by atoms with Gasteiger partial charge in [0, 0.05) is 6.04 Å². The van der Waals surface area contributed by atoms with E-state index in [9.17, 15) is 0 Å². The number of hydrogen-bond acceptors (Lipinski definition) is 1. The number of rotatable bonds is 0. The molecule has 3 rings (SSSR count). The molecule has 0 radical (unpaired) electrons.